The van der Waals surface area contributed by atoms with Crippen LogP contribution < -0.4 is 4.90 Å². The summed E-state index contributed by atoms with van der Waals surface area (Å²) in [5, 5.41) is 18.2. The van der Waals surface area contributed by atoms with E-state index in [1.54, 1.807) is 0 Å². The number of rotatable bonds is 5. The summed E-state index contributed by atoms with van der Waals surface area (Å²) in [5.74, 6) is -0.935. The van der Waals surface area contributed by atoms with E-state index < -0.39 is 5.97 Å². The van der Waals surface area contributed by atoms with Crippen molar-refractivity contribution in [2.75, 3.05) is 18.1 Å². The molecule has 2 rings (SSSR count). The number of carboxylic acid groups (broad SMARTS) is 1. The molecule has 0 radical (unpaired) electrons. The van der Waals surface area contributed by atoms with Gasteiger partial charge in [-0.05, 0) is 38.7 Å². The summed E-state index contributed by atoms with van der Waals surface area (Å²) in [6, 6.07) is 2.17. The van der Waals surface area contributed by atoms with Crippen molar-refractivity contribution >= 4 is 11.7 Å². The van der Waals surface area contributed by atoms with E-state index >= 15 is 0 Å². The van der Waals surface area contributed by atoms with Crippen LogP contribution in [0.15, 0.2) is 12.3 Å². The fourth-order valence-corrected chi connectivity index (χ4v) is 2.73. The molecule has 0 amide bonds. The molecule has 19 heavy (non-hydrogen) atoms. The standard InChI is InChI=1S/C14H20N2O3/c1-10-8-13(12(9-15-10)14(18)19)16-6-2-4-11(16)5-3-7-17/h8-9,11,17H,2-7H2,1H3,(H,18,19). The first-order valence-corrected chi connectivity index (χ1v) is 6.71. The molecule has 1 aliphatic heterocycles. The third-order valence-corrected chi connectivity index (χ3v) is 3.63. The number of aromatic carboxylic acids is 1. The number of carbonyl (C=O) groups is 1. The minimum absolute atomic E-state index is 0.186. The quantitative estimate of drug-likeness (QED) is 0.848. The molecule has 0 spiro atoms. The Kier molecular flexibility index (Phi) is 4.37. The second kappa shape index (κ2) is 6.02. The summed E-state index contributed by atoms with van der Waals surface area (Å²) in [6.45, 7) is 2.93. The second-order valence-electron chi connectivity index (χ2n) is 5.00. The van der Waals surface area contributed by atoms with Crippen molar-refractivity contribution in [2.45, 2.75) is 38.6 Å². The van der Waals surface area contributed by atoms with Gasteiger partial charge in [0.05, 0.1) is 5.69 Å². The summed E-state index contributed by atoms with van der Waals surface area (Å²) >= 11 is 0. The van der Waals surface area contributed by atoms with E-state index in [9.17, 15) is 9.90 Å². The van der Waals surface area contributed by atoms with E-state index in [0.717, 1.165) is 43.6 Å². The van der Waals surface area contributed by atoms with Crippen LogP contribution in [0.3, 0.4) is 0 Å². The summed E-state index contributed by atoms with van der Waals surface area (Å²) < 4.78 is 0. The number of aliphatic hydroxyl groups is 1. The Labute approximate surface area is 112 Å². The molecule has 0 bridgehead atoms. The Hall–Kier alpha value is -1.62. The Morgan fingerprint density at radius 1 is 1.58 bits per heavy atom. The summed E-state index contributed by atoms with van der Waals surface area (Å²) in [4.78, 5) is 17.5. The SMILES string of the molecule is Cc1cc(N2CCCC2CCCO)c(C(=O)O)cn1. The number of nitrogens with zero attached hydrogens (tertiary/aromatic N) is 2. The highest BCUT2D eigenvalue weighted by atomic mass is 16.4. The average Bonchev–Trinajstić information content (AvgIpc) is 2.83. The van der Waals surface area contributed by atoms with Gasteiger partial charge in [0.25, 0.3) is 0 Å². The molecule has 1 atom stereocenters. The average molecular weight is 264 g/mol. The van der Waals surface area contributed by atoms with Crippen molar-refractivity contribution < 1.29 is 15.0 Å². The number of carboxylic acids is 1. The van der Waals surface area contributed by atoms with Gasteiger partial charge in [-0.25, -0.2) is 4.79 Å². The van der Waals surface area contributed by atoms with Crippen LogP contribution in [0.25, 0.3) is 0 Å². The van der Waals surface area contributed by atoms with Crippen LogP contribution in [-0.4, -0.2) is 40.4 Å². The molecule has 1 unspecified atom stereocenters. The van der Waals surface area contributed by atoms with Crippen molar-refractivity contribution in [2.24, 2.45) is 0 Å². The van der Waals surface area contributed by atoms with Gasteiger partial charge in [0, 0.05) is 31.1 Å². The van der Waals surface area contributed by atoms with E-state index in [4.69, 9.17) is 5.11 Å². The van der Waals surface area contributed by atoms with Crippen LogP contribution in [0.5, 0.6) is 0 Å². The van der Waals surface area contributed by atoms with Crippen LogP contribution in [-0.2, 0) is 0 Å². The lowest BCUT2D eigenvalue weighted by Crippen LogP contribution is -2.31. The highest BCUT2D eigenvalue weighted by Gasteiger charge is 2.27. The third-order valence-electron chi connectivity index (χ3n) is 3.63. The molecule has 0 saturated carbocycles. The van der Waals surface area contributed by atoms with Crippen molar-refractivity contribution in [1.29, 1.82) is 0 Å². The number of pyridine rings is 1. The first kappa shape index (κ1) is 13.8. The lowest BCUT2D eigenvalue weighted by atomic mass is 10.1. The molecule has 5 heteroatoms. The van der Waals surface area contributed by atoms with Crippen molar-refractivity contribution in [1.82, 2.24) is 4.98 Å². The molecule has 5 nitrogen and oxygen atoms in total. The van der Waals surface area contributed by atoms with Crippen LogP contribution in [0.4, 0.5) is 5.69 Å². The maximum absolute atomic E-state index is 11.3. The molecular weight excluding hydrogens is 244 g/mol. The Bertz CT molecular complexity index is 462. The molecule has 1 aromatic rings. The zero-order valence-electron chi connectivity index (χ0n) is 11.2. The van der Waals surface area contributed by atoms with Gasteiger partial charge >= 0.3 is 5.97 Å². The van der Waals surface area contributed by atoms with E-state index in [1.807, 2.05) is 13.0 Å². The highest BCUT2D eigenvalue weighted by molar-refractivity contribution is 5.94. The molecule has 1 aliphatic rings. The molecule has 0 aliphatic carbocycles. The normalized spacial score (nSPS) is 18.8. The Morgan fingerprint density at radius 2 is 2.37 bits per heavy atom. The molecule has 2 heterocycles. The summed E-state index contributed by atoms with van der Waals surface area (Å²) in [6.07, 6.45) is 5.22. The van der Waals surface area contributed by atoms with E-state index in [1.165, 1.54) is 6.20 Å². The fourth-order valence-electron chi connectivity index (χ4n) is 2.73. The van der Waals surface area contributed by atoms with Crippen molar-refractivity contribution in [3.8, 4) is 0 Å². The topological polar surface area (TPSA) is 73.7 Å². The molecular formula is C14H20N2O3. The summed E-state index contributed by atoms with van der Waals surface area (Å²) in [7, 11) is 0. The lowest BCUT2D eigenvalue weighted by Gasteiger charge is -2.28. The van der Waals surface area contributed by atoms with Crippen molar-refractivity contribution in [3.63, 3.8) is 0 Å². The van der Waals surface area contributed by atoms with Gasteiger partial charge in [-0.3, -0.25) is 4.98 Å². The predicted octanol–water partition coefficient (Wildman–Crippen LogP) is 1.83. The van der Waals surface area contributed by atoms with E-state index in [0.29, 0.717) is 6.04 Å². The maximum Gasteiger partial charge on any atom is 0.339 e. The lowest BCUT2D eigenvalue weighted by molar-refractivity contribution is 0.0697. The molecule has 2 N–H and O–H groups in total. The zero-order chi connectivity index (χ0) is 13.8. The third kappa shape index (κ3) is 3.04. The number of aliphatic hydroxyl groups excluding tert-OH is 1. The van der Waals surface area contributed by atoms with Crippen molar-refractivity contribution in [3.05, 3.63) is 23.5 Å². The van der Waals surface area contributed by atoms with Crippen LogP contribution >= 0.6 is 0 Å². The van der Waals surface area contributed by atoms with Gasteiger partial charge in [-0.15, -0.1) is 0 Å². The number of hydrogen-bond acceptors (Lipinski definition) is 4. The van der Waals surface area contributed by atoms with Gasteiger partial charge in [0.15, 0.2) is 0 Å². The Morgan fingerprint density at radius 3 is 3.05 bits per heavy atom. The Balaban J connectivity index is 2.28. The molecule has 0 aromatic carbocycles. The number of aromatic nitrogens is 1. The minimum Gasteiger partial charge on any atom is -0.478 e. The van der Waals surface area contributed by atoms with Gasteiger partial charge in [-0.1, -0.05) is 0 Å². The molecule has 1 aromatic heterocycles. The van der Waals surface area contributed by atoms with E-state index in [-0.39, 0.29) is 12.2 Å². The predicted molar refractivity (Wildman–Crippen MR) is 72.6 cm³/mol. The molecule has 1 fully saturated rings. The number of anilines is 1. The molecule has 1 saturated heterocycles. The first-order valence-electron chi connectivity index (χ1n) is 6.71. The number of hydrogen-bond donors (Lipinski definition) is 2. The van der Waals surface area contributed by atoms with Crippen LogP contribution in [0.2, 0.25) is 0 Å². The second-order valence-corrected chi connectivity index (χ2v) is 5.00. The van der Waals surface area contributed by atoms with Gasteiger partial charge < -0.3 is 15.1 Å². The monoisotopic (exact) mass is 264 g/mol. The number of aryl methyl sites for hydroxylation is 1. The fraction of sp³-hybridized carbons (Fsp3) is 0.571. The molecule has 104 valence electrons. The zero-order valence-corrected chi connectivity index (χ0v) is 11.2. The van der Waals surface area contributed by atoms with Gasteiger partial charge in [0.2, 0.25) is 0 Å². The van der Waals surface area contributed by atoms with E-state index in [2.05, 4.69) is 9.88 Å². The van der Waals surface area contributed by atoms with Crippen LogP contribution in [0, 0.1) is 6.92 Å². The van der Waals surface area contributed by atoms with Gasteiger partial charge in [0.1, 0.15) is 5.56 Å². The maximum atomic E-state index is 11.3. The first-order chi connectivity index (χ1) is 9.13. The minimum atomic E-state index is -0.935. The summed E-state index contributed by atoms with van der Waals surface area (Å²) in [5.41, 5.74) is 1.86. The van der Waals surface area contributed by atoms with Crippen LogP contribution in [0.1, 0.15) is 41.7 Å². The van der Waals surface area contributed by atoms with Gasteiger partial charge in [-0.2, -0.15) is 0 Å². The smallest absolute Gasteiger partial charge is 0.339 e. The largest absolute Gasteiger partial charge is 0.478 e. The highest BCUT2D eigenvalue weighted by Crippen LogP contribution is 2.31.